The summed E-state index contributed by atoms with van der Waals surface area (Å²) in [4.78, 5) is 5.90. The molecule has 1 aliphatic rings. The van der Waals surface area contributed by atoms with Crippen molar-refractivity contribution in [2.24, 2.45) is 0 Å². The second kappa shape index (κ2) is 4.30. The van der Waals surface area contributed by atoms with Crippen LogP contribution in [-0.4, -0.2) is 17.6 Å². The Hall–Kier alpha value is -0.570. The third-order valence-electron chi connectivity index (χ3n) is 2.64. The maximum Gasteiger partial charge on any atom is 0.108 e. The first-order valence-corrected chi connectivity index (χ1v) is 5.71. The molecule has 1 fully saturated rings. The molecule has 3 heteroatoms. The summed E-state index contributed by atoms with van der Waals surface area (Å²) in [6.07, 6.45) is 3.28. The van der Waals surface area contributed by atoms with E-state index in [1.54, 1.807) is 0 Å². The lowest BCUT2D eigenvalue weighted by molar-refractivity contribution is 0.484. The fourth-order valence-corrected chi connectivity index (χ4v) is 2.14. The number of halogens is 1. The molecule has 14 heavy (non-hydrogen) atoms. The van der Waals surface area contributed by atoms with Gasteiger partial charge < -0.3 is 4.90 Å². The highest BCUT2D eigenvalue weighted by molar-refractivity contribution is 9.10. The predicted molar refractivity (Wildman–Crippen MR) is 62.6 cm³/mol. The van der Waals surface area contributed by atoms with Gasteiger partial charge in [0.05, 0.1) is 4.11 Å². The summed E-state index contributed by atoms with van der Waals surface area (Å²) < 4.78 is 23.9. The van der Waals surface area contributed by atoms with Crippen LogP contribution in [0.25, 0.3) is 0 Å². The molecule has 1 saturated heterocycles. The van der Waals surface area contributed by atoms with Crippen LogP contribution in [-0.2, 0) is 0 Å². The third-order valence-corrected chi connectivity index (χ3v) is 3.02. The molecule has 1 aromatic rings. The number of hydrogen-bond donors (Lipinski definition) is 0. The Morgan fingerprint density at radius 3 is 3.29 bits per heavy atom. The standard InChI is InChI=1S/C11H15BrN2/c1-9-4-2-3-7-14(9)10-5-6-13-11(12)8-10/h5-6,8-9H,2-4,7H2,1H3/i5D,6D,8D. The molecule has 1 unspecified atom stereocenters. The Kier molecular flexibility index (Phi) is 2.10. The summed E-state index contributed by atoms with van der Waals surface area (Å²) in [7, 11) is 0. The summed E-state index contributed by atoms with van der Waals surface area (Å²) in [6.45, 7) is 2.96. The van der Waals surface area contributed by atoms with E-state index in [0.717, 1.165) is 19.4 Å². The van der Waals surface area contributed by atoms with Crippen molar-refractivity contribution in [1.29, 1.82) is 0 Å². The number of piperidine rings is 1. The molecule has 2 nitrogen and oxygen atoms in total. The Balaban J connectivity index is 2.49. The topological polar surface area (TPSA) is 16.1 Å². The monoisotopic (exact) mass is 257 g/mol. The quantitative estimate of drug-likeness (QED) is 0.719. The van der Waals surface area contributed by atoms with Gasteiger partial charge in [0, 0.05) is 24.4 Å². The minimum atomic E-state index is -0.0688. The van der Waals surface area contributed by atoms with Gasteiger partial charge in [0.1, 0.15) is 4.60 Å². The second-order valence-electron chi connectivity index (χ2n) is 3.65. The van der Waals surface area contributed by atoms with Crippen molar-refractivity contribution < 1.29 is 4.11 Å². The van der Waals surface area contributed by atoms with E-state index in [1.165, 1.54) is 6.42 Å². The Labute approximate surface area is 97.7 Å². The molecule has 0 aliphatic carbocycles. The highest BCUT2D eigenvalue weighted by Crippen LogP contribution is 2.25. The maximum absolute atomic E-state index is 8.00. The predicted octanol–water partition coefficient (Wildman–Crippen LogP) is 3.22. The van der Waals surface area contributed by atoms with Gasteiger partial charge in [-0.3, -0.25) is 0 Å². The molecule has 0 amide bonds. The molecular weight excluding hydrogens is 240 g/mol. The summed E-state index contributed by atoms with van der Waals surface area (Å²) in [5.41, 5.74) is 0.545. The van der Waals surface area contributed by atoms with Crippen LogP contribution < -0.4 is 4.90 Å². The molecular formula is C11H15BrN2. The van der Waals surface area contributed by atoms with Gasteiger partial charge in [0.15, 0.2) is 0 Å². The zero-order valence-electron chi connectivity index (χ0n) is 11.2. The first-order valence-electron chi connectivity index (χ1n) is 6.42. The SMILES string of the molecule is [2H]c1nc(Br)c([2H])c(N2CCCCC2C)c1[2H]. The fraction of sp³-hybridized carbons (Fsp3) is 0.545. The van der Waals surface area contributed by atoms with Crippen LogP contribution in [0.15, 0.2) is 22.9 Å². The van der Waals surface area contributed by atoms with Crippen molar-refractivity contribution >= 4 is 21.6 Å². The van der Waals surface area contributed by atoms with Crippen LogP contribution in [0.1, 0.15) is 30.3 Å². The lowest BCUT2D eigenvalue weighted by atomic mass is 10.0. The first-order chi connectivity index (χ1) is 8.02. The van der Waals surface area contributed by atoms with Crippen LogP contribution in [0.3, 0.4) is 0 Å². The van der Waals surface area contributed by atoms with Crippen molar-refractivity contribution in [3.05, 3.63) is 22.9 Å². The van der Waals surface area contributed by atoms with E-state index in [2.05, 4.69) is 32.7 Å². The zero-order valence-corrected chi connectivity index (χ0v) is 9.76. The highest BCUT2D eigenvalue weighted by Gasteiger charge is 2.18. The van der Waals surface area contributed by atoms with Crippen molar-refractivity contribution in [2.45, 2.75) is 32.2 Å². The van der Waals surface area contributed by atoms with Crippen LogP contribution in [0.4, 0.5) is 5.69 Å². The number of anilines is 1. The average molecular weight is 258 g/mol. The highest BCUT2D eigenvalue weighted by atomic mass is 79.9. The van der Waals surface area contributed by atoms with Gasteiger partial charge in [-0.25, -0.2) is 4.98 Å². The fourth-order valence-electron chi connectivity index (χ4n) is 1.86. The molecule has 2 heterocycles. The van der Waals surface area contributed by atoms with Crippen LogP contribution in [0, 0.1) is 0 Å². The van der Waals surface area contributed by atoms with Gasteiger partial charge in [0.25, 0.3) is 0 Å². The molecule has 0 spiro atoms. The molecule has 1 aliphatic heterocycles. The molecule has 0 N–H and O–H groups in total. The number of pyridine rings is 1. The van der Waals surface area contributed by atoms with Gasteiger partial charge in [-0.15, -0.1) is 0 Å². The van der Waals surface area contributed by atoms with Crippen molar-refractivity contribution in [3.63, 3.8) is 0 Å². The Bertz CT molecular complexity index is 413. The van der Waals surface area contributed by atoms with E-state index >= 15 is 0 Å². The summed E-state index contributed by atoms with van der Waals surface area (Å²) in [5.74, 6) is 0. The molecule has 0 radical (unpaired) electrons. The lowest BCUT2D eigenvalue weighted by Gasteiger charge is -2.35. The van der Waals surface area contributed by atoms with Crippen molar-refractivity contribution in [3.8, 4) is 0 Å². The molecule has 76 valence electrons. The number of aromatic nitrogens is 1. The molecule has 2 rings (SSSR count). The van der Waals surface area contributed by atoms with Gasteiger partial charge in [-0.2, -0.15) is 0 Å². The van der Waals surface area contributed by atoms with Crippen molar-refractivity contribution in [2.75, 3.05) is 11.4 Å². The van der Waals surface area contributed by atoms with Crippen LogP contribution >= 0.6 is 15.9 Å². The average Bonchev–Trinajstić information content (AvgIpc) is 2.29. The van der Waals surface area contributed by atoms with Gasteiger partial charge in [-0.1, -0.05) is 0 Å². The molecule has 1 aromatic heterocycles. The van der Waals surface area contributed by atoms with E-state index in [-0.39, 0.29) is 18.3 Å². The maximum atomic E-state index is 8.00. The van der Waals surface area contributed by atoms with E-state index in [9.17, 15) is 0 Å². The Morgan fingerprint density at radius 1 is 1.64 bits per heavy atom. The number of nitrogens with zero attached hydrogens (tertiary/aromatic N) is 2. The van der Waals surface area contributed by atoms with Crippen molar-refractivity contribution in [1.82, 2.24) is 4.98 Å². The zero-order chi connectivity index (χ0) is 12.6. The van der Waals surface area contributed by atoms with Crippen LogP contribution in [0.5, 0.6) is 0 Å². The van der Waals surface area contributed by atoms with E-state index in [1.807, 2.05) is 0 Å². The second-order valence-corrected chi connectivity index (χ2v) is 4.40. The summed E-state index contributed by atoms with van der Waals surface area (Å²) in [6, 6.07) is 0.609. The van der Waals surface area contributed by atoms with Gasteiger partial charge in [-0.05, 0) is 54.2 Å². The summed E-state index contributed by atoms with van der Waals surface area (Å²) >= 11 is 3.19. The minimum Gasteiger partial charge on any atom is -0.369 e. The minimum absolute atomic E-state index is 0.0620. The molecule has 0 bridgehead atoms. The smallest absolute Gasteiger partial charge is 0.108 e. The summed E-state index contributed by atoms with van der Waals surface area (Å²) in [5, 5.41) is 0. The third kappa shape index (κ3) is 2.08. The lowest BCUT2D eigenvalue weighted by Crippen LogP contribution is -2.37. The number of rotatable bonds is 1. The first kappa shape index (κ1) is 6.83. The largest absolute Gasteiger partial charge is 0.369 e. The molecule has 0 aromatic carbocycles. The molecule has 1 atom stereocenters. The van der Waals surface area contributed by atoms with E-state index in [0.29, 0.717) is 16.3 Å². The van der Waals surface area contributed by atoms with E-state index < -0.39 is 0 Å². The molecule has 0 saturated carbocycles. The van der Waals surface area contributed by atoms with E-state index in [4.69, 9.17) is 4.11 Å². The van der Waals surface area contributed by atoms with Crippen LogP contribution in [0.2, 0.25) is 0 Å². The van der Waals surface area contributed by atoms with Gasteiger partial charge in [0.2, 0.25) is 0 Å². The number of hydrogen-bond acceptors (Lipinski definition) is 2. The normalized spacial score (nSPS) is 25.4. The Morgan fingerprint density at radius 2 is 2.50 bits per heavy atom. The van der Waals surface area contributed by atoms with Gasteiger partial charge >= 0.3 is 0 Å².